The Balaban J connectivity index is 2.76. The van der Waals surface area contributed by atoms with Crippen molar-refractivity contribution in [1.29, 1.82) is 0 Å². The summed E-state index contributed by atoms with van der Waals surface area (Å²) in [5.41, 5.74) is 5.90. The fourth-order valence-electron chi connectivity index (χ4n) is 1.34. The number of benzene rings is 1. The lowest BCUT2D eigenvalue weighted by Gasteiger charge is -2.08. The highest BCUT2D eigenvalue weighted by atomic mass is 79.9. The van der Waals surface area contributed by atoms with Gasteiger partial charge in [-0.1, -0.05) is 0 Å². The third kappa shape index (κ3) is 1.49. The average molecular weight is 288 g/mol. The normalized spacial score (nSPS) is 10.6. The zero-order chi connectivity index (χ0) is 11.9. The molecule has 0 spiro atoms. The molecule has 0 atom stereocenters. The first-order valence-corrected chi connectivity index (χ1v) is 5.00. The number of nitrogens with zero attached hydrogens (tertiary/aromatic N) is 1. The second kappa shape index (κ2) is 3.67. The fourth-order valence-corrected chi connectivity index (χ4v) is 1.94. The van der Waals surface area contributed by atoms with Crippen LogP contribution < -0.4 is 5.73 Å². The van der Waals surface area contributed by atoms with Crippen molar-refractivity contribution in [2.45, 2.75) is 0 Å². The molecule has 16 heavy (non-hydrogen) atoms. The summed E-state index contributed by atoms with van der Waals surface area (Å²) in [5, 5.41) is 24.8. The van der Waals surface area contributed by atoms with Gasteiger partial charge in [-0.15, -0.1) is 0 Å². The van der Waals surface area contributed by atoms with Crippen LogP contribution in [0.25, 0.3) is 11.1 Å². The minimum atomic E-state index is -0.713. The zero-order valence-corrected chi connectivity index (χ0v) is 9.42. The van der Waals surface area contributed by atoms with E-state index in [0.717, 1.165) is 6.07 Å². The molecular weight excluding hydrogens is 281 g/mol. The zero-order valence-electron chi connectivity index (χ0n) is 7.83. The summed E-state index contributed by atoms with van der Waals surface area (Å²) in [6.07, 6.45) is 1.33. The number of rotatable bonds is 1. The highest BCUT2D eigenvalue weighted by molar-refractivity contribution is 9.10. The van der Waals surface area contributed by atoms with E-state index in [2.05, 4.69) is 26.1 Å². The molecule has 0 aliphatic carbocycles. The molecule has 0 radical (unpaired) electrons. The minimum absolute atomic E-state index is 0.0260. The van der Waals surface area contributed by atoms with Crippen molar-refractivity contribution in [3.8, 4) is 22.6 Å². The minimum Gasteiger partial charge on any atom is -0.504 e. The van der Waals surface area contributed by atoms with E-state index in [0.29, 0.717) is 5.56 Å². The largest absolute Gasteiger partial charge is 0.504 e. The molecule has 5 nitrogen and oxygen atoms in total. The van der Waals surface area contributed by atoms with E-state index in [9.17, 15) is 14.6 Å². The number of hydrogen-bond donors (Lipinski definition) is 4. The maximum Gasteiger partial charge on any atom is 0.172 e. The van der Waals surface area contributed by atoms with E-state index in [1.54, 1.807) is 0 Å². The Hall–Kier alpha value is -1.76. The Morgan fingerprint density at radius 2 is 2.12 bits per heavy atom. The van der Waals surface area contributed by atoms with Crippen LogP contribution in [0.4, 0.5) is 10.2 Å². The van der Waals surface area contributed by atoms with E-state index in [1.165, 1.54) is 6.20 Å². The Morgan fingerprint density at radius 3 is 2.69 bits per heavy atom. The molecular formula is C9H7BrFN3O2. The lowest BCUT2D eigenvalue weighted by Crippen LogP contribution is -1.92. The van der Waals surface area contributed by atoms with Gasteiger partial charge in [-0.25, -0.2) is 4.39 Å². The number of nitrogens with two attached hydrogens (primary N) is 1. The third-order valence-corrected chi connectivity index (χ3v) is 2.88. The van der Waals surface area contributed by atoms with Crippen molar-refractivity contribution < 1.29 is 14.6 Å². The molecule has 0 aliphatic rings. The molecule has 2 aromatic rings. The van der Waals surface area contributed by atoms with Crippen LogP contribution in [-0.4, -0.2) is 20.4 Å². The number of phenols is 2. The number of nitrogen functional groups attached to an aromatic ring is 1. The van der Waals surface area contributed by atoms with E-state index >= 15 is 0 Å². The van der Waals surface area contributed by atoms with Crippen LogP contribution in [0, 0.1) is 5.82 Å². The lowest BCUT2D eigenvalue weighted by atomic mass is 10.1. The molecule has 1 aromatic heterocycles. The van der Waals surface area contributed by atoms with Crippen LogP contribution in [0.5, 0.6) is 11.5 Å². The van der Waals surface area contributed by atoms with Crippen LogP contribution in [0.15, 0.2) is 16.7 Å². The summed E-state index contributed by atoms with van der Waals surface area (Å²) in [6, 6.07) is 0.807. The van der Waals surface area contributed by atoms with Gasteiger partial charge in [-0.05, 0) is 15.9 Å². The van der Waals surface area contributed by atoms with Crippen molar-refractivity contribution in [1.82, 2.24) is 10.2 Å². The smallest absolute Gasteiger partial charge is 0.172 e. The van der Waals surface area contributed by atoms with Gasteiger partial charge in [-0.3, -0.25) is 5.10 Å². The van der Waals surface area contributed by atoms with E-state index in [-0.39, 0.29) is 15.9 Å². The molecule has 1 aromatic carbocycles. The van der Waals surface area contributed by atoms with Crippen LogP contribution in [0.3, 0.4) is 0 Å². The van der Waals surface area contributed by atoms with Gasteiger partial charge < -0.3 is 15.9 Å². The van der Waals surface area contributed by atoms with Crippen LogP contribution in [0.2, 0.25) is 0 Å². The van der Waals surface area contributed by atoms with Crippen LogP contribution in [0.1, 0.15) is 0 Å². The molecule has 84 valence electrons. The number of hydrogen-bond acceptors (Lipinski definition) is 4. The monoisotopic (exact) mass is 287 g/mol. The molecule has 0 amide bonds. The van der Waals surface area contributed by atoms with Gasteiger partial charge in [0.05, 0.1) is 10.7 Å². The van der Waals surface area contributed by atoms with Gasteiger partial charge in [0, 0.05) is 17.2 Å². The van der Waals surface area contributed by atoms with Gasteiger partial charge in [0.25, 0.3) is 0 Å². The predicted molar refractivity (Wildman–Crippen MR) is 59.4 cm³/mol. The first-order valence-electron chi connectivity index (χ1n) is 4.21. The van der Waals surface area contributed by atoms with Gasteiger partial charge in [0.15, 0.2) is 11.5 Å². The number of H-pyrrole nitrogens is 1. The molecule has 5 N–H and O–H groups in total. The number of aromatic amines is 1. The fraction of sp³-hybridized carbons (Fsp3) is 0. The number of anilines is 1. The van der Waals surface area contributed by atoms with Gasteiger partial charge in [0.2, 0.25) is 0 Å². The molecule has 7 heteroatoms. The summed E-state index contributed by atoms with van der Waals surface area (Å²) >= 11 is 2.99. The standard InChI is InChI=1S/C9H7BrFN3O2/c10-7-6(3-2-13-14-9(3)12)4(11)1-5(15)8(7)16/h1-2,15-16H,(H3,12,13,14). The van der Waals surface area contributed by atoms with Crippen molar-refractivity contribution in [2.24, 2.45) is 0 Å². The number of aromatic nitrogens is 2. The summed E-state index contributed by atoms with van der Waals surface area (Å²) in [7, 11) is 0. The molecule has 0 unspecified atom stereocenters. The summed E-state index contributed by atoms with van der Waals surface area (Å²) in [4.78, 5) is 0. The van der Waals surface area contributed by atoms with Crippen LogP contribution in [-0.2, 0) is 0 Å². The van der Waals surface area contributed by atoms with Crippen molar-refractivity contribution >= 4 is 21.7 Å². The summed E-state index contributed by atoms with van der Waals surface area (Å²) < 4.78 is 13.7. The maximum atomic E-state index is 13.6. The average Bonchev–Trinajstić information content (AvgIpc) is 2.62. The summed E-state index contributed by atoms with van der Waals surface area (Å²) in [5.74, 6) is -1.54. The Labute approximate surface area is 97.8 Å². The van der Waals surface area contributed by atoms with E-state index < -0.39 is 17.3 Å². The van der Waals surface area contributed by atoms with Gasteiger partial charge in [-0.2, -0.15) is 5.10 Å². The maximum absolute atomic E-state index is 13.6. The van der Waals surface area contributed by atoms with Crippen molar-refractivity contribution in [3.05, 3.63) is 22.6 Å². The second-order valence-corrected chi connectivity index (χ2v) is 3.91. The lowest BCUT2D eigenvalue weighted by molar-refractivity contribution is 0.398. The molecule has 0 bridgehead atoms. The van der Waals surface area contributed by atoms with Crippen molar-refractivity contribution in [2.75, 3.05) is 5.73 Å². The quantitative estimate of drug-likeness (QED) is 0.603. The first-order chi connectivity index (χ1) is 7.52. The Kier molecular flexibility index (Phi) is 2.47. The molecule has 1 heterocycles. The predicted octanol–water partition coefficient (Wildman–Crippen LogP) is 1.97. The molecule has 2 rings (SSSR count). The highest BCUT2D eigenvalue weighted by Crippen LogP contribution is 2.43. The number of phenolic OH excluding ortho intramolecular Hbond substituents is 2. The number of nitrogens with one attached hydrogen (secondary N) is 1. The van der Waals surface area contributed by atoms with Crippen LogP contribution >= 0.6 is 15.9 Å². The van der Waals surface area contributed by atoms with Crippen molar-refractivity contribution in [3.63, 3.8) is 0 Å². The summed E-state index contributed by atoms with van der Waals surface area (Å²) in [6.45, 7) is 0. The first kappa shape index (κ1) is 10.7. The van der Waals surface area contributed by atoms with Gasteiger partial charge >= 0.3 is 0 Å². The number of halogens is 2. The molecule has 0 fully saturated rings. The molecule has 0 saturated heterocycles. The highest BCUT2D eigenvalue weighted by Gasteiger charge is 2.19. The van der Waals surface area contributed by atoms with E-state index in [1.807, 2.05) is 0 Å². The molecule has 0 saturated carbocycles. The SMILES string of the molecule is Nc1[nH]ncc1-c1c(F)cc(O)c(O)c1Br. The topological polar surface area (TPSA) is 95.2 Å². The third-order valence-electron chi connectivity index (χ3n) is 2.11. The Bertz CT molecular complexity index is 556. The Morgan fingerprint density at radius 1 is 1.44 bits per heavy atom. The molecule has 0 aliphatic heterocycles. The van der Waals surface area contributed by atoms with Gasteiger partial charge in [0.1, 0.15) is 11.6 Å². The second-order valence-electron chi connectivity index (χ2n) is 3.11. The number of aromatic hydroxyl groups is 2. The van der Waals surface area contributed by atoms with E-state index in [4.69, 9.17) is 5.73 Å².